The van der Waals surface area contributed by atoms with E-state index in [1.807, 2.05) is 24.0 Å². The maximum absolute atomic E-state index is 13.0. The third-order valence-electron chi connectivity index (χ3n) is 5.10. The molecule has 0 aliphatic carbocycles. The minimum absolute atomic E-state index is 0. The molecule has 0 bridgehead atoms. The van der Waals surface area contributed by atoms with Gasteiger partial charge in [0.15, 0.2) is 5.96 Å². The summed E-state index contributed by atoms with van der Waals surface area (Å²) in [6, 6.07) is 8.89. The van der Waals surface area contributed by atoms with Gasteiger partial charge < -0.3 is 20.0 Å². The first kappa shape index (κ1) is 26.0. The summed E-state index contributed by atoms with van der Waals surface area (Å²) in [5.41, 5.74) is -0.221. The quantitative estimate of drug-likeness (QED) is 0.301. The van der Waals surface area contributed by atoms with Gasteiger partial charge in [0.1, 0.15) is 5.76 Å². The number of amides is 1. The van der Waals surface area contributed by atoms with Crippen molar-refractivity contribution < 1.29 is 22.4 Å². The predicted molar refractivity (Wildman–Crippen MR) is 127 cm³/mol. The van der Waals surface area contributed by atoms with Crippen LogP contribution in [0.1, 0.15) is 36.7 Å². The highest BCUT2D eigenvalue weighted by molar-refractivity contribution is 14.0. The molecule has 1 fully saturated rings. The van der Waals surface area contributed by atoms with Gasteiger partial charge in [0.25, 0.3) is 0 Å². The maximum Gasteiger partial charge on any atom is 0.416 e. The molecule has 1 aromatic carbocycles. The Hall–Kier alpha value is -2.24. The summed E-state index contributed by atoms with van der Waals surface area (Å²) >= 11 is 0. The molecule has 1 atom stereocenters. The van der Waals surface area contributed by atoms with Crippen LogP contribution in [0.25, 0.3) is 0 Å². The highest BCUT2D eigenvalue weighted by Gasteiger charge is 2.30. The maximum atomic E-state index is 13.0. The Morgan fingerprint density at radius 2 is 2.09 bits per heavy atom. The van der Waals surface area contributed by atoms with E-state index in [2.05, 4.69) is 15.6 Å². The second kappa shape index (κ2) is 12.1. The van der Waals surface area contributed by atoms with Gasteiger partial charge in [-0.25, -0.2) is 4.99 Å². The number of aliphatic imine (C=N–C) groups is 1. The average molecular weight is 564 g/mol. The molecule has 1 aliphatic heterocycles. The Labute approximate surface area is 202 Å². The lowest BCUT2D eigenvalue weighted by atomic mass is 10.1. The summed E-state index contributed by atoms with van der Waals surface area (Å²) in [5, 5.41) is 6.52. The second-order valence-electron chi connectivity index (χ2n) is 7.44. The van der Waals surface area contributed by atoms with Crippen molar-refractivity contribution >= 4 is 35.8 Å². The van der Waals surface area contributed by atoms with E-state index in [1.165, 1.54) is 6.07 Å². The molecule has 2 N–H and O–H groups in total. The summed E-state index contributed by atoms with van der Waals surface area (Å²) in [6.07, 6.45) is -0.892. The van der Waals surface area contributed by atoms with Crippen LogP contribution in [0.4, 0.5) is 13.2 Å². The first-order valence-corrected chi connectivity index (χ1v) is 10.4. The summed E-state index contributed by atoms with van der Waals surface area (Å²) < 4.78 is 44.2. The Morgan fingerprint density at radius 1 is 1.28 bits per heavy atom. The van der Waals surface area contributed by atoms with E-state index in [1.54, 1.807) is 12.3 Å². The number of likely N-dealkylation sites (tertiary alicyclic amines) is 1. The molecule has 3 rings (SSSR count). The van der Waals surface area contributed by atoms with Gasteiger partial charge in [-0.1, -0.05) is 19.1 Å². The van der Waals surface area contributed by atoms with E-state index in [0.717, 1.165) is 24.3 Å². The van der Waals surface area contributed by atoms with Crippen LogP contribution in [-0.2, 0) is 23.9 Å². The zero-order valence-corrected chi connectivity index (χ0v) is 20.2. The van der Waals surface area contributed by atoms with Crippen molar-refractivity contribution in [1.29, 1.82) is 0 Å². The van der Waals surface area contributed by atoms with Crippen molar-refractivity contribution in [2.75, 3.05) is 19.6 Å². The van der Waals surface area contributed by atoms with Gasteiger partial charge in [-0.2, -0.15) is 13.2 Å². The number of halogens is 4. The molecule has 1 saturated heterocycles. The largest absolute Gasteiger partial charge is 0.469 e. The molecule has 1 aliphatic rings. The normalized spacial score (nSPS) is 16.6. The van der Waals surface area contributed by atoms with E-state index in [0.29, 0.717) is 44.0 Å². The number of alkyl halides is 3. The van der Waals surface area contributed by atoms with E-state index >= 15 is 0 Å². The third-order valence-corrected chi connectivity index (χ3v) is 5.10. The van der Waals surface area contributed by atoms with Gasteiger partial charge in [0.2, 0.25) is 5.91 Å². The van der Waals surface area contributed by atoms with Crippen LogP contribution in [-0.4, -0.2) is 42.4 Å². The standard InChI is InChI=1S/C22H27F3N4O2.HI/c1-2-20(30)29-11-9-18(15-29)28-21(26-10-8-19-7-4-12-31-19)27-14-16-5-3-6-17(13-16)22(23,24)25;/h3-7,12-13,18H,2,8-11,14-15H2,1H3,(H2,26,27,28);1H. The first-order chi connectivity index (χ1) is 14.8. The Bertz CT molecular complexity index is 888. The number of hydrogen-bond acceptors (Lipinski definition) is 3. The van der Waals surface area contributed by atoms with Crippen LogP contribution >= 0.6 is 24.0 Å². The van der Waals surface area contributed by atoms with Gasteiger partial charge in [-0.15, -0.1) is 24.0 Å². The third kappa shape index (κ3) is 7.72. The molecular formula is C22H28F3IN4O2. The molecule has 1 unspecified atom stereocenters. The van der Waals surface area contributed by atoms with Crippen LogP contribution in [0, 0.1) is 0 Å². The van der Waals surface area contributed by atoms with E-state index in [4.69, 9.17) is 4.42 Å². The van der Waals surface area contributed by atoms with Gasteiger partial charge in [-0.05, 0) is 36.2 Å². The molecular weight excluding hydrogens is 536 g/mol. The molecule has 1 aromatic heterocycles. The smallest absolute Gasteiger partial charge is 0.416 e. The second-order valence-corrected chi connectivity index (χ2v) is 7.44. The zero-order chi connectivity index (χ0) is 22.3. The summed E-state index contributed by atoms with van der Waals surface area (Å²) in [6.45, 7) is 3.74. The minimum atomic E-state index is -4.39. The molecule has 176 valence electrons. The van der Waals surface area contributed by atoms with Crippen LogP contribution < -0.4 is 10.6 Å². The number of carbonyl (C=O) groups is 1. The van der Waals surface area contributed by atoms with Crippen molar-refractivity contribution in [2.45, 2.75) is 44.9 Å². The Balaban J connectivity index is 0.00000363. The molecule has 2 aromatic rings. The average Bonchev–Trinajstić information content (AvgIpc) is 3.43. The molecule has 0 saturated carbocycles. The summed E-state index contributed by atoms with van der Waals surface area (Å²) in [7, 11) is 0. The molecule has 2 heterocycles. The van der Waals surface area contributed by atoms with Gasteiger partial charge in [0, 0.05) is 38.5 Å². The first-order valence-electron chi connectivity index (χ1n) is 10.4. The van der Waals surface area contributed by atoms with Crippen molar-refractivity contribution in [3.63, 3.8) is 0 Å². The summed E-state index contributed by atoms with van der Waals surface area (Å²) in [5.74, 6) is 1.43. The lowest BCUT2D eigenvalue weighted by Gasteiger charge is -2.19. The predicted octanol–water partition coefficient (Wildman–Crippen LogP) is 4.21. The van der Waals surface area contributed by atoms with Crippen LogP contribution in [0.5, 0.6) is 0 Å². The molecule has 6 nitrogen and oxygen atoms in total. The van der Waals surface area contributed by atoms with Crippen molar-refractivity contribution in [3.05, 3.63) is 59.5 Å². The number of hydrogen-bond donors (Lipinski definition) is 2. The van der Waals surface area contributed by atoms with Crippen LogP contribution in [0.3, 0.4) is 0 Å². The number of nitrogens with one attached hydrogen (secondary N) is 2. The number of furan rings is 1. The SMILES string of the molecule is CCC(=O)N1CCC(NC(=NCc2cccc(C(F)(F)F)c2)NCCc2ccco2)C1.I. The molecule has 0 spiro atoms. The number of guanidine groups is 1. The Morgan fingerprint density at radius 3 is 2.78 bits per heavy atom. The zero-order valence-electron chi connectivity index (χ0n) is 17.8. The van der Waals surface area contributed by atoms with Crippen molar-refractivity contribution in [3.8, 4) is 0 Å². The van der Waals surface area contributed by atoms with E-state index in [9.17, 15) is 18.0 Å². The highest BCUT2D eigenvalue weighted by atomic mass is 127. The van der Waals surface area contributed by atoms with Gasteiger partial charge >= 0.3 is 6.18 Å². The molecule has 0 radical (unpaired) electrons. The minimum Gasteiger partial charge on any atom is -0.469 e. The molecule has 1 amide bonds. The summed E-state index contributed by atoms with van der Waals surface area (Å²) in [4.78, 5) is 18.2. The van der Waals surface area contributed by atoms with Crippen LogP contribution in [0.2, 0.25) is 0 Å². The topological polar surface area (TPSA) is 69.9 Å². The van der Waals surface area contributed by atoms with E-state index < -0.39 is 11.7 Å². The fraction of sp³-hybridized carbons (Fsp3) is 0.455. The highest BCUT2D eigenvalue weighted by Crippen LogP contribution is 2.29. The monoisotopic (exact) mass is 564 g/mol. The number of carbonyl (C=O) groups excluding carboxylic acids is 1. The van der Waals surface area contributed by atoms with Crippen LogP contribution in [0.15, 0.2) is 52.1 Å². The number of rotatable bonds is 7. The lowest BCUT2D eigenvalue weighted by Crippen LogP contribution is -2.45. The molecule has 10 heteroatoms. The fourth-order valence-corrected chi connectivity index (χ4v) is 3.45. The van der Waals surface area contributed by atoms with Crippen molar-refractivity contribution in [2.24, 2.45) is 4.99 Å². The lowest BCUT2D eigenvalue weighted by molar-refractivity contribution is -0.137. The molecule has 32 heavy (non-hydrogen) atoms. The number of benzene rings is 1. The fourth-order valence-electron chi connectivity index (χ4n) is 3.45. The Kier molecular flexibility index (Phi) is 9.85. The van der Waals surface area contributed by atoms with Crippen molar-refractivity contribution in [1.82, 2.24) is 15.5 Å². The number of nitrogens with zero attached hydrogens (tertiary/aromatic N) is 2. The van der Waals surface area contributed by atoms with E-state index in [-0.39, 0.29) is 42.5 Å². The van der Waals surface area contributed by atoms with Gasteiger partial charge in [0.05, 0.1) is 18.4 Å². The van der Waals surface area contributed by atoms with Gasteiger partial charge in [-0.3, -0.25) is 4.79 Å².